The molecule has 0 bridgehead atoms. The fourth-order valence-electron chi connectivity index (χ4n) is 4.65. The van der Waals surface area contributed by atoms with Crippen molar-refractivity contribution in [2.24, 2.45) is 0 Å². The Morgan fingerprint density at radius 2 is 1.68 bits per heavy atom. The van der Waals surface area contributed by atoms with Crippen LogP contribution in [0.2, 0.25) is 5.02 Å². The summed E-state index contributed by atoms with van der Waals surface area (Å²) < 4.78 is 30.3. The van der Waals surface area contributed by atoms with Gasteiger partial charge in [-0.1, -0.05) is 41.6 Å². The van der Waals surface area contributed by atoms with Crippen LogP contribution in [0.1, 0.15) is 45.2 Å². The van der Waals surface area contributed by atoms with Crippen molar-refractivity contribution in [2.45, 2.75) is 35.3 Å². The summed E-state index contributed by atoms with van der Waals surface area (Å²) in [6.07, 6.45) is 1.87. The predicted octanol–water partition coefficient (Wildman–Crippen LogP) is 7.75. The molecule has 0 spiro atoms. The number of nitrogens with zero attached hydrogens (tertiary/aromatic N) is 2. The van der Waals surface area contributed by atoms with E-state index in [2.05, 4.69) is 5.32 Å². The van der Waals surface area contributed by atoms with Crippen molar-refractivity contribution >= 4 is 46.1 Å². The van der Waals surface area contributed by atoms with Crippen molar-refractivity contribution < 1.29 is 23.5 Å². The maximum atomic E-state index is 14.2. The highest BCUT2D eigenvalue weighted by molar-refractivity contribution is 7.99. The average Bonchev–Trinajstić information content (AvgIpc) is 3.73. The summed E-state index contributed by atoms with van der Waals surface area (Å²) >= 11 is 7.60. The SMILES string of the molecule is O=C(O)c1ccc(CNC(=O)c2cc(-c3cc(F)cc(F)c3)cc3c2c(Sc2cccc(Cl)c2)nn3C2CC2)cc1. The molecule has 0 unspecified atom stereocenters. The first kappa shape index (κ1) is 27.0. The molecule has 2 N–H and O–H groups in total. The van der Waals surface area contributed by atoms with E-state index in [1.165, 1.54) is 36.0 Å². The van der Waals surface area contributed by atoms with Crippen LogP contribution in [0.3, 0.4) is 0 Å². The lowest BCUT2D eigenvalue weighted by molar-refractivity contribution is 0.0696. The Labute approximate surface area is 242 Å². The molecule has 10 heteroatoms. The van der Waals surface area contributed by atoms with Gasteiger partial charge in [0.25, 0.3) is 5.91 Å². The van der Waals surface area contributed by atoms with Crippen LogP contribution in [-0.4, -0.2) is 26.8 Å². The van der Waals surface area contributed by atoms with E-state index in [9.17, 15) is 18.4 Å². The highest BCUT2D eigenvalue weighted by Crippen LogP contribution is 2.43. The number of carbonyl (C=O) groups is 2. The zero-order chi connectivity index (χ0) is 28.7. The van der Waals surface area contributed by atoms with Crippen molar-refractivity contribution in [3.05, 3.63) is 112 Å². The van der Waals surface area contributed by atoms with Gasteiger partial charge in [-0.2, -0.15) is 5.10 Å². The summed E-state index contributed by atoms with van der Waals surface area (Å²) in [4.78, 5) is 25.8. The Kier molecular flexibility index (Phi) is 7.23. The van der Waals surface area contributed by atoms with Gasteiger partial charge in [-0.3, -0.25) is 9.48 Å². The van der Waals surface area contributed by atoms with Gasteiger partial charge in [0.2, 0.25) is 0 Å². The van der Waals surface area contributed by atoms with E-state index in [0.29, 0.717) is 43.2 Å². The smallest absolute Gasteiger partial charge is 0.335 e. The molecule has 0 saturated heterocycles. The summed E-state index contributed by atoms with van der Waals surface area (Å²) in [6.45, 7) is 0.145. The number of fused-ring (bicyclic) bond motifs is 1. The van der Waals surface area contributed by atoms with Crippen LogP contribution < -0.4 is 5.32 Å². The van der Waals surface area contributed by atoms with E-state index >= 15 is 0 Å². The minimum absolute atomic E-state index is 0.145. The van der Waals surface area contributed by atoms with Gasteiger partial charge >= 0.3 is 5.97 Å². The van der Waals surface area contributed by atoms with Crippen LogP contribution in [0.25, 0.3) is 22.0 Å². The number of rotatable bonds is 8. The summed E-state index contributed by atoms with van der Waals surface area (Å²) in [5.41, 5.74) is 2.64. The maximum absolute atomic E-state index is 14.2. The molecule has 6 rings (SSSR count). The lowest BCUT2D eigenvalue weighted by atomic mass is 9.99. The largest absolute Gasteiger partial charge is 0.478 e. The first-order valence-corrected chi connectivity index (χ1v) is 14.0. The molecule has 0 aliphatic heterocycles. The molecule has 206 valence electrons. The minimum Gasteiger partial charge on any atom is -0.478 e. The number of aromatic carboxylic acids is 1. The van der Waals surface area contributed by atoms with E-state index in [1.807, 2.05) is 28.9 Å². The monoisotopic (exact) mass is 589 g/mol. The van der Waals surface area contributed by atoms with Crippen molar-refractivity contribution in [1.82, 2.24) is 15.1 Å². The number of carboxylic acid groups (broad SMARTS) is 1. The third-order valence-corrected chi connectivity index (χ3v) is 7.98. The number of hydrogen-bond acceptors (Lipinski definition) is 4. The van der Waals surface area contributed by atoms with Gasteiger partial charge in [-0.05, 0) is 84.1 Å². The van der Waals surface area contributed by atoms with Crippen molar-refractivity contribution in [1.29, 1.82) is 0 Å². The van der Waals surface area contributed by atoms with E-state index < -0.39 is 23.5 Å². The third-order valence-electron chi connectivity index (χ3n) is 6.77. The molecule has 1 aliphatic carbocycles. The molecule has 1 heterocycles. The lowest BCUT2D eigenvalue weighted by Gasteiger charge is -2.12. The molecule has 1 fully saturated rings. The highest BCUT2D eigenvalue weighted by Gasteiger charge is 2.30. The van der Waals surface area contributed by atoms with Crippen LogP contribution in [0.15, 0.2) is 88.8 Å². The summed E-state index contributed by atoms with van der Waals surface area (Å²) in [5, 5.41) is 18.8. The van der Waals surface area contributed by atoms with Crippen LogP contribution in [-0.2, 0) is 6.54 Å². The molecule has 41 heavy (non-hydrogen) atoms. The molecule has 1 saturated carbocycles. The Bertz CT molecular complexity index is 1800. The number of nitrogens with one attached hydrogen (secondary N) is 1. The van der Waals surface area contributed by atoms with Gasteiger partial charge in [0.1, 0.15) is 16.7 Å². The molecule has 1 aromatic heterocycles. The second-order valence-corrected chi connectivity index (χ2v) is 11.3. The minimum atomic E-state index is -1.04. The molecular weight excluding hydrogens is 568 g/mol. The number of aromatic nitrogens is 2. The topological polar surface area (TPSA) is 84.2 Å². The molecular formula is C31H22ClF2N3O3S. The molecule has 6 nitrogen and oxygen atoms in total. The van der Waals surface area contributed by atoms with Crippen LogP contribution >= 0.6 is 23.4 Å². The van der Waals surface area contributed by atoms with E-state index in [0.717, 1.165) is 23.8 Å². The Morgan fingerprint density at radius 3 is 2.34 bits per heavy atom. The normalized spacial score (nSPS) is 13.0. The number of carbonyl (C=O) groups excluding carboxylic acids is 1. The number of benzene rings is 4. The van der Waals surface area contributed by atoms with Crippen LogP contribution in [0, 0.1) is 11.6 Å². The number of hydrogen-bond donors (Lipinski definition) is 2. The van der Waals surface area contributed by atoms with Gasteiger partial charge in [0, 0.05) is 27.9 Å². The fraction of sp³-hybridized carbons (Fsp3) is 0.129. The maximum Gasteiger partial charge on any atom is 0.335 e. The second kappa shape index (κ2) is 11.0. The summed E-state index contributed by atoms with van der Waals surface area (Å²) in [5.74, 6) is -2.88. The van der Waals surface area contributed by atoms with Crippen molar-refractivity contribution in [3.63, 3.8) is 0 Å². The van der Waals surface area contributed by atoms with Gasteiger partial charge in [0.15, 0.2) is 0 Å². The second-order valence-electron chi connectivity index (χ2n) is 9.80. The zero-order valence-corrected chi connectivity index (χ0v) is 23.0. The standard InChI is InChI=1S/C31H22ClF2N3O3S/c32-21-2-1-3-25(14-21)41-30-28-26(29(38)35-16-17-4-6-18(7-5-17)31(39)40)12-20(19-10-22(33)15-23(34)11-19)13-27(28)37(36-30)24-8-9-24/h1-7,10-15,24H,8-9,16H2,(H,35,38)(H,39,40). The van der Waals surface area contributed by atoms with Gasteiger partial charge in [-0.15, -0.1) is 0 Å². The molecule has 1 amide bonds. The van der Waals surface area contributed by atoms with Gasteiger partial charge in [0.05, 0.1) is 22.7 Å². The number of halogens is 3. The Hall–Kier alpha value is -4.21. The molecule has 0 radical (unpaired) electrons. The first-order valence-electron chi connectivity index (χ1n) is 12.8. The first-order chi connectivity index (χ1) is 19.7. The predicted molar refractivity (Wildman–Crippen MR) is 154 cm³/mol. The Morgan fingerprint density at radius 1 is 0.976 bits per heavy atom. The highest BCUT2D eigenvalue weighted by atomic mass is 35.5. The molecule has 1 aliphatic rings. The Balaban J connectivity index is 1.46. The van der Waals surface area contributed by atoms with Crippen LogP contribution in [0.5, 0.6) is 0 Å². The quantitative estimate of drug-likeness (QED) is 0.193. The van der Waals surface area contributed by atoms with E-state index in [4.69, 9.17) is 21.8 Å². The molecule has 4 aromatic carbocycles. The van der Waals surface area contributed by atoms with Crippen LogP contribution in [0.4, 0.5) is 8.78 Å². The number of amides is 1. The lowest BCUT2D eigenvalue weighted by Crippen LogP contribution is -2.23. The summed E-state index contributed by atoms with van der Waals surface area (Å²) in [7, 11) is 0. The number of carboxylic acids is 1. The zero-order valence-electron chi connectivity index (χ0n) is 21.4. The molecule has 5 aromatic rings. The van der Waals surface area contributed by atoms with Crippen molar-refractivity contribution in [2.75, 3.05) is 0 Å². The average molecular weight is 590 g/mol. The van der Waals surface area contributed by atoms with E-state index in [-0.39, 0.29) is 18.2 Å². The summed E-state index contributed by atoms with van der Waals surface area (Å²) in [6, 6.07) is 20.4. The fourth-order valence-corrected chi connectivity index (χ4v) is 5.91. The third kappa shape index (κ3) is 5.82. The van der Waals surface area contributed by atoms with Crippen molar-refractivity contribution in [3.8, 4) is 11.1 Å². The van der Waals surface area contributed by atoms with E-state index in [1.54, 1.807) is 24.3 Å². The molecule has 0 atom stereocenters. The van der Waals surface area contributed by atoms with Gasteiger partial charge in [-0.25, -0.2) is 13.6 Å². The van der Waals surface area contributed by atoms with Gasteiger partial charge < -0.3 is 10.4 Å².